The predicted octanol–water partition coefficient (Wildman–Crippen LogP) is 4.33. The Morgan fingerprint density at radius 3 is 1.46 bits per heavy atom. The fourth-order valence-electron chi connectivity index (χ4n) is 1.95. The number of hydrogen-bond donors (Lipinski definition) is 0. The number of ether oxygens (including phenoxy) is 4. The molecule has 5 nitrogen and oxygen atoms in total. The van der Waals surface area contributed by atoms with Crippen molar-refractivity contribution in [3.05, 3.63) is 58.6 Å². The average Bonchev–Trinajstić information content (AvgIpc) is 2.64. The van der Waals surface area contributed by atoms with Gasteiger partial charge in [-0.3, -0.25) is 0 Å². The van der Waals surface area contributed by atoms with Crippen LogP contribution in [0.2, 0.25) is 10.0 Å². The molecular formula is C19H23Cl2NO4. The van der Waals surface area contributed by atoms with Crippen LogP contribution in [0.5, 0.6) is 11.5 Å². The van der Waals surface area contributed by atoms with Crippen molar-refractivity contribution in [3.63, 3.8) is 0 Å². The van der Waals surface area contributed by atoms with E-state index in [-0.39, 0.29) is 13.6 Å². The quantitative estimate of drug-likeness (QED) is 0.392. The van der Waals surface area contributed by atoms with E-state index in [9.17, 15) is 0 Å². The number of rotatable bonds is 12. The highest BCUT2D eigenvalue weighted by Gasteiger charge is 2.00. The Morgan fingerprint density at radius 1 is 0.692 bits per heavy atom. The van der Waals surface area contributed by atoms with Gasteiger partial charge in [0.25, 0.3) is 0 Å². The molecular weight excluding hydrogens is 377 g/mol. The molecule has 142 valence electrons. The Bertz CT molecular complexity index is 567. The normalized spacial score (nSPS) is 10.9. The lowest BCUT2D eigenvalue weighted by Crippen LogP contribution is -2.28. The van der Waals surface area contributed by atoms with E-state index in [1.54, 1.807) is 48.5 Å². The molecule has 0 atom stereocenters. The maximum Gasteiger partial charge on any atom is 0.189 e. The van der Waals surface area contributed by atoms with Gasteiger partial charge in [-0.05, 0) is 55.6 Å². The first-order valence-electron chi connectivity index (χ1n) is 8.24. The summed E-state index contributed by atoms with van der Waals surface area (Å²) in [5, 5.41) is 1.36. The molecule has 0 heterocycles. The Balaban J connectivity index is 1.44. The van der Waals surface area contributed by atoms with Gasteiger partial charge in [-0.1, -0.05) is 23.2 Å². The van der Waals surface area contributed by atoms with E-state index in [0.717, 1.165) is 24.6 Å². The summed E-state index contributed by atoms with van der Waals surface area (Å²) in [6, 6.07) is 14.3. The van der Waals surface area contributed by atoms with Gasteiger partial charge in [0.15, 0.2) is 13.6 Å². The molecule has 0 radical (unpaired) electrons. The Morgan fingerprint density at radius 2 is 1.08 bits per heavy atom. The smallest absolute Gasteiger partial charge is 0.189 e. The summed E-state index contributed by atoms with van der Waals surface area (Å²) in [4.78, 5) is 2.12. The maximum atomic E-state index is 5.81. The zero-order valence-electron chi connectivity index (χ0n) is 14.7. The van der Waals surface area contributed by atoms with Gasteiger partial charge in [0.2, 0.25) is 0 Å². The molecule has 2 aromatic rings. The van der Waals surface area contributed by atoms with Crippen molar-refractivity contribution in [1.29, 1.82) is 0 Å². The van der Waals surface area contributed by atoms with Crippen LogP contribution in [0.25, 0.3) is 0 Å². The molecule has 26 heavy (non-hydrogen) atoms. The zero-order chi connectivity index (χ0) is 18.6. The van der Waals surface area contributed by atoms with Crippen LogP contribution >= 0.6 is 23.2 Å². The highest BCUT2D eigenvalue weighted by Crippen LogP contribution is 2.16. The van der Waals surface area contributed by atoms with Gasteiger partial charge in [0.05, 0.1) is 13.2 Å². The molecule has 7 heteroatoms. The van der Waals surface area contributed by atoms with Crippen molar-refractivity contribution in [2.75, 3.05) is 46.9 Å². The Kier molecular flexibility index (Phi) is 9.60. The first-order chi connectivity index (χ1) is 12.6. The summed E-state index contributed by atoms with van der Waals surface area (Å²) in [7, 11) is 2.01. The predicted molar refractivity (Wildman–Crippen MR) is 103 cm³/mol. The lowest BCUT2D eigenvalue weighted by atomic mass is 10.3. The zero-order valence-corrected chi connectivity index (χ0v) is 16.2. The summed E-state index contributed by atoms with van der Waals surface area (Å²) in [6.07, 6.45) is 0. The highest BCUT2D eigenvalue weighted by molar-refractivity contribution is 6.30. The minimum absolute atomic E-state index is 0.209. The fourth-order valence-corrected chi connectivity index (χ4v) is 2.20. The summed E-state index contributed by atoms with van der Waals surface area (Å²) in [6.45, 7) is 3.13. The van der Waals surface area contributed by atoms with Crippen molar-refractivity contribution in [3.8, 4) is 11.5 Å². The lowest BCUT2D eigenvalue weighted by molar-refractivity contribution is -0.00711. The van der Waals surface area contributed by atoms with Gasteiger partial charge in [-0.15, -0.1) is 0 Å². The Labute approximate surface area is 164 Å². The summed E-state index contributed by atoms with van der Waals surface area (Å²) < 4.78 is 21.8. The van der Waals surface area contributed by atoms with Crippen molar-refractivity contribution < 1.29 is 18.9 Å². The molecule has 0 aliphatic carbocycles. The van der Waals surface area contributed by atoms with Crippen molar-refractivity contribution in [1.82, 2.24) is 4.90 Å². The molecule has 0 bridgehead atoms. The molecule has 0 amide bonds. The summed E-state index contributed by atoms with van der Waals surface area (Å²) >= 11 is 11.6. The lowest BCUT2D eigenvalue weighted by Gasteiger charge is -2.16. The van der Waals surface area contributed by atoms with Crippen molar-refractivity contribution >= 4 is 23.2 Å². The van der Waals surface area contributed by atoms with Crippen molar-refractivity contribution in [2.45, 2.75) is 0 Å². The van der Waals surface area contributed by atoms with E-state index < -0.39 is 0 Å². The van der Waals surface area contributed by atoms with E-state index in [0.29, 0.717) is 23.3 Å². The van der Waals surface area contributed by atoms with Crippen LogP contribution in [0, 0.1) is 0 Å². The highest BCUT2D eigenvalue weighted by atomic mass is 35.5. The number of halogens is 2. The van der Waals surface area contributed by atoms with Crippen LogP contribution in [-0.4, -0.2) is 51.8 Å². The standard InChI is InChI=1S/C19H23Cl2NO4/c1-22(10-12-23-14-25-18-6-2-16(20)3-7-18)11-13-24-15-26-19-8-4-17(21)5-9-19/h2-9H,10-15H2,1H3. The fraction of sp³-hybridized carbons (Fsp3) is 0.368. The van der Waals surface area contributed by atoms with E-state index >= 15 is 0 Å². The minimum atomic E-state index is 0.209. The molecule has 0 saturated carbocycles. The van der Waals surface area contributed by atoms with Crippen LogP contribution in [0.3, 0.4) is 0 Å². The number of nitrogens with zero attached hydrogens (tertiary/aromatic N) is 1. The van der Waals surface area contributed by atoms with Crippen LogP contribution < -0.4 is 9.47 Å². The van der Waals surface area contributed by atoms with Crippen molar-refractivity contribution in [2.24, 2.45) is 0 Å². The first kappa shape index (κ1) is 20.8. The van der Waals surface area contributed by atoms with Crippen LogP contribution in [-0.2, 0) is 9.47 Å². The van der Waals surface area contributed by atoms with Gasteiger partial charge in [-0.2, -0.15) is 0 Å². The third kappa shape index (κ3) is 8.74. The molecule has 2 aromatic carbocycles. The number of benzene rings is 2. The monoisotopic (exact) mass is 399 g/mol. The van der Waals surface area contributed by atoms with Crippen LogP contribution in [0.4, 0.5) is 0 Å². The third-order valence-electron chi connectivity index (χ3n) is 3.48. The summed E-state index contributed by atoms with van der Waals surface area (Å²) in [5.74, 6) is 1.47. The van der Waals surface area contributed by atoms with E-state index in [4.69, 9.17) is 42.1 Å². The molecule has 2 rings (SSSR count). The van der Waals surface area contributed by atoms with E-state index in [1.165, 1.54) is 0 Å². The van der Waals surface area contributed by atoms with Crippen LogP contribution in [0.15, 0.2) is 48.5 Å². The number of likely N-dealkylation sites (N-methyl/N-ethyl adjacent to an activating group) is 1. The molecule has 0 fully saturated rings. The van der Waals surface area contributed by atoms with E-state index in [1.807, 2.05) is 7.05 Å². The third-order valence-corrected chi connectivity index (χ3v) is 3.98. The molecule has 0 N–H and O–H groups in total. The molecule has 0 saturated heterocycles. The topological polar surface area (TPSA) is 40.2 Å². The molecule has 0 unspecified atom stereocenters. The largest absolute Gasteiger partial charge is 0.468 e. The SMILES string of the molecule is CN(CCOCOc1ccc(Cl)cc1)CCOCOc1ccc(Cl)cc1. The number of hydrogen-bond acceptors (Lipinski definition) is 5. The molecule has 0 aliphatic rings. The average molecular weight is 400 g/mol. The second-order valence-electron chi connectivity index (χ2n) is 5.55. The van der Waals surface area contributed by atoms with Gasteiger partial charge in [0, 0.05) is 23.1 Å². The summed E-state index contributed by atoms with van der Waals surface area (Å²) in [5.41, 5.74) is 0. The Hall–Kier alpha value is -1.50. The van der Waals surface area contributed by atoms with E-state index in [2.05, 4.69) is 4.90 Å². The maximum absolute atomic E-state index is 5.81. The van der Waals surface area contributed by atoms with Gasteiger partial charge < -0.3 is 23.8 Å². The van der Waals surface area contributed by atoms with Crippen LogP contribution in [0.1, 0.15) is 0 Å². The first-order valence-corrected chi connectivity index (χ1v) is 9.00. The van der Waals surface area contributed by atoms with Gasteiger partial charge in [-0.25, -0.2) is 0 Å². The van der Waals surface area contributed by atoms with Gasteiger partial charge >= 0.3 is 0 Å². The molecule has 0 spiro atoms. The second kappa shape index (κ2) is 12.0. The minimum Gasteiger partial charge on any atom is -0.468 e. The second-order valence-corrected chi connectivity index (χ2v) is 6.42. The molecule has 0 aromatic heterocycles. The molecule has 0 aliphatic heterocycles. The van der Waals surface area contributed by atoms with Gasteiger partial charge in [0.1, 0.15) is 11.5 Å².